The number of halogens is 1. The Balaban J connectivity index is 1.48. The Kier molecular flexibility index (Phi) is 7.14. The van der Waals surface area contributed by atoms with Gasteiger partial charge in [0.15, 0.2) is 5.75 Å². The molecule has 0 saturated carbocycles. The summed E-state index contributed by atoms with van der Waals surface area (Å²) in [5, 5.41) is 9.41. The lowest BCUT2D eigenvalue weighted by molar-refractivity contribution is 0.243. The molecule has 31 heavy (non-hydrogen) atoms. The molecule has 0 aliphatic heterocycles. The summed E-state index contributed by atoms with van der Waals surface area (Å²) in [6, 6.07) is 29.8. The van der Waals surface area contributed by atoms with E-state index in [1.54, 1.807) is 0 Å². The Bertz CT molecular complexity index is 1090. The van der Waals surface area contributed by atoms with Gasteiger partial charge in [-0.15, -0.1) is 5.10 Å². The van der Waals surface area contributed by atoms with E-state index in [-0.39, 0.29) is 0 Å². The third-order valence-electron chi connectivity index (χ3n) is 4.82. The molecule has 0 bridgehead atoms. The average molecular weight is 431 g/mol. The maximum absolute atomic E-state index is 6.08. The quantitative estimate of drug-likeness (QED) is 0.323. The number of hydrogen-bond acceptors (Lipinski definition) is 4. The number of benzene rings is 3. The van der Waals surface area contributed by atoms with Gasteiger partial charge in [-0.05, 0) is 41.7 Å². The number of hydrogen-bond donors (Lipinski definition) is 0. The third kappa shape index (κ3) is 6.30. The lowest BCUT2D eigenvalue weighted by Crippen LogP contribution is -2.05. The van der Waals surface area contributed by atoms with E-state index >= 15 is 0 Å². The molecule has 0 spiro atoms. The summed E-state index contributed by atoms with van der Waals surface area (Å²) in [6.07, 6.45) is 1.59. The van der Waals surface area contributed by atoms with Crippen molar-refractivity contribution < 1.29 is 9.47 Å². The van der Waals surface area contributed by atoms with Crippen LogP contribution < -0.4 is 9.47 Å². The minimum atomic E-state index is 0.398. The highest BCUT2D eigenvalue weighted by Crippen LogP contribution is 2.27. The molecule has 3 aromatic carbocycles. The van der Waals surface area contributed by atoms with Crippen LogP contribution in [0.25, 0.3) is 0 Å². The molecule has 1 aromatic heterocycles. The Morgan fingerprint density at radius 3 is 1.87 bits per heavy atom. The smallest absolute Gasteiger partial charge is 0.276 e. The summed E-state index contributed by atoms with van der Waals surface area (Å²) in [5.74, 6) is 0.996. The molecule has 0 radical (unpaired) electrons. The number of nitrogens with zero attached hydrogens (tertiary/aromatic N) is 2. The van der Waals surface area contributed by atoms with E-state index in [2.05, 4.69) is 10.2 Å². The van der Waals surface area contributed by atoms with Gasteiger partial charge >= 0.3 is 0 Å². The van der Waals surface area contributed by atoms with Gasteiger partial charge in [-0.3, -0.25) is 0 Å². The minimum Gasteiger partial charge on any atom is -0.483 e. The van der Waals surface area contributed by atoms with E-state index < -0.39 is 0 Å². The predicted octanol–water partition coefficient (Wildman–Crippen LogP) is 6.07. The van der Waals surface area contributed by atoms with Gasteiger partial charge in [0.2, 0.25) is 0 Å². The molecule has 4 nitrogen and oxygen atoms in total. The zero-order valence-electron chi connectivity index (χ0n) is 17.1. The van der Waals surface area contributed by atoms with Crippen LogP contribution in [0.1, 0.15) is 22.4 Å². The highest BCUT2D eigenvalue weighted by molar-refractivity contribution is 6.30. The molecule has 4 rings (SSSR count). The van der Waals surface area contributed by atoms with Crippen LogP contribution in [-0.2, 0) is 26.1 Å². The Morgan fingerprint density at radius 1 is 0.613 bits per heavy atom. The summed E-state index contributed by atoms with van der Waals surface area (Å²) in [7, 11) is 0. The number of rotatable bonds is 9. The Labute approximate surface area is 187 Å². The van der Waals surface area contributed by atoms with Crippen molar-refractivity contribution in [2.24, 2.45) is 0 Å². The van der Waals surface area contributed by atoms with Gasteiger partial charge in [-0.2, -0.15) is 5.10 Å². The minimum absolute atomic E-state index is 0.398. The van der Waals surface area contributed by atoms with Crippen LogP contribution in [0.3, 0.4) is 0 Å². The van der Waals surface area contributed by atoms with Gasteiger partial charge in [0.25, 0.3) is 5.88 Å². The zero-order chi connectivity index (χ0) is 21.3. The first-order valence-corrected chi connectivity index (χ1v) is 10.6. The van der Waals surface area contributed by atoms with E-state index in [0.29, 0.717) is 24.8 Å². The molecular weight excluding hydrogens is 408 g/mol. The van der Waals surface area contributed by atoms with Crippen LogP contribution in [0.15, 0.2) is 91.0 Å². The Hall–Kier alpha value is -3.37. The van der Waals surface area contributed by atoms with Gasteiger partial charge in [-0.25, -0.2) is 0 Å². The van der Waals surface area contributed by atoms with Gasteiger partial charge in [0, 0.05) is 11.1 Å². The Morgan fingerprint density at radius 2 is 1.23 bits per heavy atom. The van der Waals surface area contributed by atoms with Crippen LogP contribution in [0, 0.1) is 0 Å². The van der Waals surface area contributed by atoms with E-state index in [0.717, 1.165) is 34.7 Å². The summed E-state index contributed by atoms with van der Waals surface area (Å²) >= 11 is 5.97. The van der Waals surface area contributed by atoms with Crippen molar-refractivity contribution in [3.8, 4) is 11.6 Å². The van der Waals surface area contributed by atoms with Crippen LogP contribution in [0.4, 0.5) is 0 Å². The first-order valence-electron chi connectivity index (χ1n) is 10.2. The largest absolute Gasteiger partial charge is 0.483 e. The molecule has 0 N–H and O–H groups in total. The van der Waals surface area contributed by atoms with Gasteiger partial charge in [0.1, 0.15) is 13.2 Å². The van der Waals surface area contributed by atoms with Crippen LogP contribution in [-0.4, -0.2) is 10.2 Å². The SMILES string of the molecule is Clc1ccc(CCc2cc(OCc3ccccc3)c(OCc3ccccc3)nn2)cc1. The number of aromatic nitrogens is 2. The molecule has 156 valence electrons. The molecule has 1 heterocycles. The first kappa shape index (κ1) is 20.9. The predicted molar refractivity (Wildman–Crippen MR) is 122 cm³/mol. The fourth-order valence-corrected chi connectivity index (χ4v) is 3.24. The molecule has 0 saturated heterocycles. The molecule has 0 amide bonds. The summed E-state index contributed by atoms with van der Waals surface area (Å²) in [5.41, 5.74) is 4.19. The van der Waals surface area contributed by atoms with E-state index in [1.807, 2.05) is 91.0 Å². The van der Waals surface area contributed by atoms with Crippen LogP contribution in [0.5, 0.6) is 11.6 Å². The normalized spacial score (nSPS) is 10.6. The van der Waals surface area contributed by atoms with Gasteiger partial charge in [-0.1, -0.05) is 84.4 Å². The second-order valence-corrected chi connectivity index (χ2v) is 7.62. The number of ether oxygens (including phenoxy) is 2. The molecule has 0 fully saturated rings. The molecule has 0 atom stereocenters. The lowest BCUT2D eigenvalue weighted by atomic mass is 10.1. The summed E-state index contributed by atoms with van der Waals surface area (Å²) in [6.45, 7) is 0.839. The van der Waals surface area contributed by atoms with Crippen molar-refractivity contribution in [1.29, 1.82) is 0 Å². The van der Waals surface area contributed by atoms with Crippen molar-refractivity contribution in [2.45, 2.75) is 26.1 Å². The summed E-state index contributed by atoms with van der Waals surface area (Å²) in [4.78, 5) is 0. The maximum Gasteiger partial charge on any atom is 0.276 e. The average Bonchev–Trinajstić information content (AvgIpc) is 2.83. The monoisotopic (exact) mass is 430 g/mol. The second kappa shape index (κ2) is 10.6. The van der Waals surface area contributed by atoms with Crippen molar-refractivity contribution in [3.63, 3.8) is 0 Å². The third-order valence-corrected chi connectivity index (χ3v) is 5.07. The van der Waals surface area contributed by atoms with Crippen LogP contribution in [0.2, 0.25) is 5.02 Å². The molecular formula is C26H23ClN2O2. The fourth-order valence-electron chi connectivity index (χ4n) is 3.11. The molecule has 0 aliphatic rings. The standard InChI is InChI=1S/C26H23ClN2O2/c27-23-14-11-20(12-15-23)13-16-24-17-25(30-18-21-7-3-1-4-8-21)26(29-28-24)31-19-22-9-5-2-6-10-22/h1-12,14-15,17H,13,16,18-19H2. The first-order chi connectivity index (χ1) is 15.3. The highest BCUT2D eigenvalue weighted by atomic mass is 35.5. The molecule has 4 aromatic rings. The van der Waals surface area contributed by atoms with Crippen molar-refractivity contribution >= 4 is 11.6 Å². The van der Waals surface area contributed by atoms with Gasteiger partial charge < -0.3 is 9.47 Å². The lowest BCUT2D eigenvalue weighted by Gasteiger charge is -2.13. The number of aryl methyl sites for hydroxylation is 2. The second-order valence-electron chi connectivity index (χ2n) is 7.18. The van der Waals surface area contributed by atoms with Crippen molar-refractivity contribution in [1.82, 2.24) is 10.2 Å². The van der Waals surface area contributed by atoms with E-state index in [4.69, 9.17) is 21.1 Å². The zero-order valence-corrected chi connectivity index (χ0v) is 17.8. The highest BCUT2D eigenvalue weighted by Gasteiger charge is 2.12. The van der Waals surface area contributed by atoms with E-state index in [9.17, 15) is 0 Å². The molecule has 0 aliphatic carbocycles. The maximum atomic E-state index is 6.08. The van der Waals surface area contributed by atoms with E-state index in [1.165, 1.54) is 5.56 Å². The topological polar surface area (TPSA) is 44.2 Å². The van der Waals surface area contributed by atoms with Crippen molar-refractivity contribution in [2.75, 3.05) is 0 Å². The fraction of sp³-hybridized carbons (Fsp3) is 0.154. The molecule has 0 unspecified atom stereocenters. The van der Waals surface area contributed by atoms with Crippen LogP contribution >= 0.6 is 11.6 Å². The van der Waals surface area contributed by atoms with Crippen molar-refractivity contribution in [3.05, 3.63) is 118 Å². The van der Waals surface area contributed by atoms with Gasteiger partial charge in [0.05, 0.1) is 5.69 Å². The summed E-state index contributed by atoms with van der Waals surface area (Å²) < 4.78 is 12.0. The molecule has 5 heteroatoms.